The minimum atomic E-state index is 0.620. The largest absolute Gasteiger partial charge is 0.456 e. The molecule has 5 nitrogen and oxygen atoms in total. The van der Waals surface area contributed by atoms with Gasteiger partial charge in [-0.3, -0.25) is 4.98 Å². The molecule has 6 aromatic carbocycles. The first-order valence-electron chi connectivity index (χ1n) is 14.9. The minimum Gasteiger partial charge on any atom is -0.456 e. The summed E-state index contributed by atoms with van der Waals surface area (Å²) in [4.78, 5) is 19.5. The van der Waals surface area contributed by atoms with Crippen LogP contribution in [-0.4, -0.2) is 19.9 Å². The van der Waals surface area contributed by atoms with Gasteiger partial charge in [-0.15, -0.1) is 0 Å². The molecule has 9 rings (SSSR count). The lowest BCUT2D eigenvalue weighted by atomic mass is 9.99. The van der Waals surface area contributed by atoms with E-state index < -0.39 is 0 Å². The Hall–Kier alpha value is -6.20. The highest BCUT2D eigenvalue weighted by Gasteiger charge is 2.17. The average Bonchev–Trinajstić information content (AvgIpc) is 3.51. The number of nitrogens with zero attached hydrogens (tertiary/aromatic N) is 4. The van der Waals surface area contributed by atoms with Crippen LogP contribution >= 0.6 is 0 Å². The number of fused-ring (bicyclic) bond motifs is 6. The molecule has 0 aliphatic rings. The van der Waals surface area contributed by atoms with Crippen LogP contribution in [0.5, 0.6) is 0 Å². The van der Waals surface area contributed by atoms with Crippen molar-refractivity contribution in [2.75, 3.05) is 0 Å². The fraction of sp³-hybridized carbons (Fsp3) is 0. The van der Waals surface area contributed by atoms with Gasteiger partial charge in [0.25, 0.3) is 0 Å². The Morgan fingerprint density at radius 1 is 0.422 bits per heavy atom. The molecule has 0 radical (unpaired) electrons. The number of rotatable bonds is 4. The second kappa shape index (κ2) is 10.2. The van der Waals surface area contributed by atoms with Crippen LogP contribution < -0.4 is 0 Å². The van der Waals surface area contributed by atoms with Crippen LogP contribution in [0.4, 0.5) is 0 Å². The third-order valence-electron chi connectivity index (χ3n) is 8.41. The molecule has 0 N–H and O–H groups in total. The number of aromatic nitrogens is 4. The number of pyridine rings is 1. The molecule has 9 aromatic rings. The van der Waals surface area contributed by atoms with Gasteiger partial charge >= 0.3 is 0 Å². The molecular weight excluding hydrogens is 552 g/mol. The highest BCUT2D eigenvalue weighted by Crippen LogP contribution is 2.38. The SMILES string of the molecule is c1ccc(-c2ccc3cc(-c4nc(-c5ccccc5)nc(-c5cccc6c5ccc5oc7ccncc7c56)n4)ccc3c2)cc1. The standard InChI is InChI=1S/C40H24N4O/c1-3-8-25(9-4-1)27-14-15-29-23-30(17-16-28(29)22-27)39-42-38(26-10-5-2-6-11-26)43-40(44-39)33-13-7-12-32-31(33)18-19-36-37(32)34-24-41-21-20-35(34)45-36/h1-24H. The summed E-state index contributed by atoms with van der Waals surface area (Å²) in [5.41, 5.74) is 6.84. The van der Waals surface area contributed by atoms with Crippen molar-refractivity contribution in [1.29, 1.82) is 0 Å². The van der Waals surface area contributed by atoms with E-state index in [0.29, 0.717) is 17.5 Å². The van der Waals surface area contributed by atoms with E-state index >= 15 is 0 Å². The molecule has 0 saturated heterocycles. The molecule has 0 aliphatic carbocycles. The highest BCUT2D eigenvalue weighted by atomic mass is 16.3. The Bertz CT molecular complexity index is 2540. The van der Waals surface area contributed by atoms with Crippen molar-refractivity contribution in [2.45, 2.75) is 0 Å². The predicted molar refractivity (Wildman–Crippen MR) is 182 cm³/mol. The van der Waals surface area contributed by atoms with Crippen molar-refractivity contribution in [2.24, 2.45) is 0 Å². The Balaban J connectivity index is 1.23. The monoisotopic (exact) mass is 576 g/mol. The smallest absolute Gasteiger partial charge is 0.164 e. The van der Waals surface area contributed by atoms with Crippen LogP contribution in [0.25, 0.3) is 88.8 Å². The van der Waals surface area contributed by atoms with E-state index in [1.54, 1.807) is 6.20 Å². The summed E-state index contributed by atoms with van der Waals surface area (Å²) in [6.07, 6.45) is 3.62. The zero-order valence-corrected chi connectivity index (χ0v) is 24.1. The Morgan fingerprint density at radius 2 is 1.11 bits per heavy atom. The maximum absolute atomic E-state index is 6.15. The molecule has 5 heteroatoms. The van der Waals surface area contributed by atoms with Crippen LogP contribution in [0, 0.1) is 0 Å². The lowest BCUT2D eigenvalue weighted by molar-refractivity contribution is 0.668. The summed E-state index contributed by atoms with van der Waals surface area (Å²) in [5, 5.41) is 6.43. The van der Waals surface area contributed by atoms with Crippen LogP contribution in [0.3, 0.4) is 0 Å². The summed E-state index contributed by atoms with van der Waals surface area (Å²) in [7, 11) is 0. The topological polar surface area (TPSA) is 64.7 Å². The van der Waals surface area contributed by atoms with E-state index in [4.69, 9.17) is 19.4 Å². The van der Waals surface area contributed by atoms with Gasteiger partial charge < -0.3 is 4.42 Å². The molecule has 3 heterocycles. The quantitative estimate of drug-likeness (QED) is 0.209. The molecule has 0 aliphatic heterocycles. The number of hydrogen-bond donors (Lipinski definition) is 0. The van der Waals surface area contributed by atoms with Crippen LogP contribution in [-0.2, 0) is 0 Å². The third kappa shape index (κ3) is 4.33. The fourth-order valence-corrected chi connectivity index (χ4v) is 6.21. The Morgan fingerprint density at radius 3 is 1.91 bits per heavy atom. The number of benzene rings is 6. The van der Waals surface area contributed by atoms with Crippen molar-refractivity contribution in [3.05, 3.63) is 146 Å². The Labute approximate surface area is 258 Å². The van der Waals surface area contributed by atoms with E-state index in [9.17, 15) is 0 Å². The molecule has 0 amide bonds. The summed E-state index contributed by atoms with van der Waals surface area (Å²) >= 11 is 0. The average molecular weight is 577 g/mol. The van der Waals surface area contributed by atoms with Crippen molar-refractivity contribution in [3.63, 3.8) is 0 Å². The molecule has 0 spiro atoms. The van der Waals surface area contributed by atoms with E-state index in [0.717, 1.165) is 60.2 Å². The lowest BCUT2D eigenvalue weighted by Crippen LogP contribution is -2.00. The van der Waals surface area contributed by atoms with Gasteiger partial charge in [-0.2, -0.15) is 0 Å². The summed E-state index contributed by atoms with van der Waals surface area (Å²) < 4.78 is 6.15. The van der Waals surface area contributed by atoms with Gasteiger partial charge in [0.15, 0.2) is 17.5 Å². The highest BCUT2D eigenvalue weighted by molar-refractivity contribution is 6.20. The van der Waals surface area contributed by atoms with Gasteiger partial charge in [-0.25, -0.2) is 15.0 Å². The maximum atomic E-state index is 6.15. The van der Waals surface area contributed by atoms with E-state index in [1.807, 2.05) is 54.7 Å². The van der Waals surface area contributed by atoms with Crippen molar-refractivity contribution < 1.29 is 4.42 Å². The second-order valence-electron chi connectivity index (χ2n) is 11.1. The van der Waals surface area contributed by atoms with Gasteiger partial charge in [-0.05, 0) is 63.0 Å². The minimum absolute atomic E-state index is 0.620. The van der Waals surface area contributed by atoms with E-state index in [2.05, 4.69) is 89.9 Å². The van der Waals surface area contributed by atoms with Gasteiger partial charge in [0, 0.05) is 39.9 Å². The first-order valence-corrected chi connectivity index (χ1v) is 14.9. The lowest BCUT2D eigenvalue weighted by Gasteiger charge is -2.11. The van der Waals surface area contributed by atoms with Gasteiger partial charge in [0.2, 0.25) is 0 Å². The number of furan rings is 1. The fourth-order valence-electron chi connectivity index (χ4n) is 6.21. The van der Waals surface area contributed by atoms with Crippen LogP contribution in [0.15, 0.2) is 150 Å². The van der Waals surface area contributed by atoms with Crippen molar-refractivity contribution >= 4 is 43.5 Å². The molecular formula is C40H24N4O. The second-order valence-corrected chi connectivity index (χ2v) is 11.1. The normalized spacial score (nSPS) is 11.6. The van der Waals surface area contributed by atoms with E-state index in [1.165, 1.54) is 11.1 Å². The first-order chi connectivity index (χ1) is 22.3. The Kier molecular flexibility index (Phi) is 5.74. The molecule has 0 bridgehead atoms. The maximum Gasteiger partial charge on any atom is 0.164 e. The molecule has 0 saturated carbocycles. The first kappa shape index (κ1) is 25.3. The summed E-state index contributed by atoms with van der Waals surface area (Å²) in [6, 6.07) is 45.8. The van der Waals surface area contributed by atoms with Gasteiger partial charge in [-0.1, -0.05) is 103 Å². The molecule has 210 valence electrons. The van der Waals surface area contributed by atoms with Gasteiger partial charge in [0.1, 0.15) is 11.2 Å². The predicted octanol–water partition coefficient (Wildman–Crippen LogP) is 10.1. The van der Waals surface area contributed by atoms with Crippen molar-refractivity contribution in [3.8, 4) is 45.3 Å². The van der Waals surface area contributed by atoms with Gasteiger partial charge in [0.05, 0.1) is 0 Å². The molecule has 0 fully saturated rings. The zero-order valence-electron chi connectivity index (χ0n) is 24.1. The summed E-state index contributed by atoms with van der Waals surface area (Å²) in [5.74, 6) is 1.88. The molecule has 0 atom stereocenters. The van der Waals surface area contributed by atoms with Crippen molar-refractivity contribution in [1.82, 2.24) is 19.9 Å². The van der Waals surface area contributed by atoms with E-state index in [-0.39, 0.29) is 0 Å². The molecule has 0 unspecified atom stereocenters. The zero-order chi connectivity index (χ0) is 29.7. The third-order valence-corrected chi connectivity index (χ3v) is 8.41. The van der Waals surface area contributed by atoms with Crippen LogP contribution in [0.2, 0.25) is 0 Å². The van der Waals surface area contributed by atoms with Crippen LogP contribution in [0.1, 0.15) is 0 Å². The molecule has 3 aromatic heterocycles. The summed E-state index contributed by atoms with van der Waals surface area (Å²) in [6.45, 7) is 0. The number of hydrogen-bond acceptors (Lipinski definition) is 5. The molecule has 45 heavy (non-hydrogen) atoms.